The van der Waals surface area contributed by atoms with Crippen LogP contribution in [-0.4, -0.2) is 28.7 Å². The summed E-state index contributed by atoms with van der Waals surface area (Å²) in [5.74, 6) is -0.467. The molecule has 0 unspecified atom stereocenters. The lowest BCUT2D eigenvalue weighted by Crippen LogP contribution is -2.16. The van der Waals surface area contributed by atoms with Gasteiger partial charge in [-0.3, -0.25) is 9.48 Å². The number of hydrogen-bond acceptors (Lipinski definition) is 5. The van der Waals surface area contributed by atoms with Gasteiger partial charge in [-0.15, -0.1) is 6.58 Å². The Labute approximate surface area is 160 Å². The minimum absolute atomic E-state index is 0.00977. The molecule has 0 saturated carbocycles. The molecule has 3 rings (SSSR count). The Balaban J connectivity index is 2.13. The minimum atomic E-state index is -3.81. The second-order valence-electron chi connectivity index (χ2n) is 6.15. The van der Waals surface area contributed by atoms with Crippen LogP contribution in [0, 0.1) is 0 Å². The average molecular weight is 406 g/mol. The summed E-state index contributed by atoms with van der Waals surface area (Å²) in [7, 11) is -3.81. The molecular formula is C17H19N5O3S2. The predicted octanol–water partition coefficient (Wildman–Crippen LogP) is 2.05. The molecule has 2 heterocycles. The summed E-state index contributed by atoms with van der Waals surface area (Å²) in [6.07, 6.45) is 3.41. The van der Waals surface area contributed by atoms with E-state index in [1.807, 2.05) is 13.8 Å². The van der Waals surface area contributed by atoms with E-state index < -0.39 is 15.9 Å². The maximum absolute atomic E-state index is 12.5. The molecule has 0 aliphatic rings. The number of carbonyl (C=O) groups is 1. The van der Waals surface area contributed by atoms with Crippen molar-refractivity contribution in [3.8, 4) is 0 Å². The maximum Gasteiger partial charge on any atom is 0.300 e. The van der Waals surface area contributed by atoms with E-state index in [0.717, 1.165) is 5.52 Å². The average Bonchev–Trinajstić information content (AvgIpc) is 3.20. The normalized spacial score (nSPS) is 12.8. The number of primary sulfonamides is 1. The number of thiazole rings is 1. The molecule has 0 spiro atoms. The number of hydrogen-bond donors (Lipinski definition) is 1. The van der Waals surface area contributed by atoms with Crippen LogP contribution < -0.4 is 9.94 Å². The lowest BCUT2D eigenvalue weighted by Gasteiger charge is -2.03. The first-order valence-corrected chi connectivity index (χ1v) is 10.5. The van der Waals surface area contributed by atoms with Crippen molar-refractivity contribution in [1.29, 1.82) is 0 Å². The van der Waals surface area contributed by atoms with Gasteiger partial charge in [-0.1, -0.05) is 17.4 Å². The number of rotatable bonds is 5. The van der Waals surface area contributed by atoms with Crippen LogP contribution in [0.15, 0.2) is 53.0 Å². The quantitative estimate of drug-likeness (QED) is 0.655. The van der Waals surface area contributed by atoms with Crippen LogP contribution in [-0.2, 0) is 16.6 Å². The molecule has 2 N–H and O–H groups in total. The number of fused-ring (bicyclic) bond motifs is 1. The van der Waals surface area contributed by atoms with Crippen LogP contribution in [0.3, 0.4) is 0 Å². The van der Waals surface area contributed by atoms with Crippen molar-refractivity contribution in [1.82, 2.24) is 14.3 Å². The summed E-state index contributed by atoms with van der Waals surface area (Å²) in [4.78, 5) is 17.1. The molecule has 3 aromatic rings. The molecule has 0 aliphatic carbocycles. The fraction of sp³-hybridized carbons (Fsp3) is 0.235. The Morgan fingerprint density at radius 3 is 2.74 bits per heavy atom. The van der Waals surface area contributed by atoms with E-state index in [1.165, 1.54) is 23.5 Å². The van der Waals surface area contributed by atoms with Crippen LogP contribution in [0.25, 0.3) is 10.2 Å². The van der Waals surface area contributed by atoms with E-state index in [9.17, 15) is 13.2 Å². The molecular weight excluding hydrogens is 386 g/mol. The van der Waals surface area contributed by atoms with Crippen molar-refractivity contribution >= 4 is 37.5 Å². The number of aromatic nitrogens is 3. The lowest BCUT2D eigenvalue weighted by atomic mass is 10.3. The molecule has 0 radical (unpaired) electrons. The zero-order valence-corrected chi connectivity index (χ0v) is 16.5. The Morgan fingerprint density at radius 2 is 2.15 bits per heavy atom. The lowest BCUT2D eigenvalue weighted by molar-refractivity contribution is 0.0992. The van der Waals surface area contributed by atoms with Gasteiger partial charge in [0.25, 0.3) is 5.91 Å². The zero-order valence-electron chi connectivity index (χ0n) is 14.9. The predicted molar refractivity (Wildman–Crippen MR) is 104 cm³/mol. The molecule has 0 aliphatic heterocycles. The van der Waals surface area contributed by atoms with Crippen molar-refractivity contribution < 1.29 is 13.2 Å². The Morgan fingerprint density at radius 1 is 1.41 bits per heavy atom. The van der Waals surface area contributed by atoms with Crippen LogP contribution >= 0.6 is 11.3 Å². The van der Waals surface area contributed by atoms with E-state index in [0.29, 0.717) is 16.0 Å². The first-order valence-electron chi connectivity index (χ1n) is 8.12. The number of sulfonamides is 1. The molecule has 10 heteroatoms. The van der Waals surface area contributed by atoms with Crippen LogP contribution in [0.2, 0.25) is 0 Å². The van der Waals surface area contributed by atoms with Gasteiger partial charge in [-0.2, -0.15) is 10.1 Å². The fourth-order valence-electron chi connectivity index (χ4n) is 2.51. The van der Waals surface area contributed by atoms with E-state index in [1.54, 1.807) is 33.7 Å². The van der Waals surface area contributed by atoms with E-state index in [4.69, 9.17) is 5.14 Å². The van der Waals surface area contributed by atoms with Gasteiger partial charge < -0.3 is 4.57 Å². The molecule has 27 heavy (non-hydrogen) atoms. The van der Waals surface area contributed by atoms with Gasteiger partial charge in [-0.25, -0.2) is 13.6 Å². The van der Waals surface area contributed by atoms with E-state index in [-0.39, 0.29) is 16.6 Å². The van der Waals surface area contributed by atoms with Crippen LogP contribution in [0.4, 0.5) is 0 Å². The molecule has 1 aromatic carbocycles. The largest absolute Gasteiger partial charge is 0.312 e. The van der Waals surface area contributed by atoms with Gasteiger partial charge in [0.1, 0.15) is 0 Å². The highest BCUT2D eigenvalue weighted by Gasteiger charge is 2.14. The summed E-state index contributed by atoms with van der Waals surface area (Å²) < 4.78 is 27.3. The molecule has 1 amide bonds. The minimum Gasteiger partial charge on any atom is -0.312 e. The molecule has 0 atom stereocenters. The summed E-state index contributed by atoms with van der Waals surface area (Å²) >= 11 is 1.20. The third-order valence-electron chi connectivity index (χ3n) is 3.85. The molecule has 0 bridgehead atoms. The monoisotopic (exact) mass is 405 g/mol. The van der Waals surface area contributed by atoms with Crippen LogP contribution in [0.5, 0.6) is 0 Å². The first kappa shape index (κ1) is 19.2. The molecule has 142 valence electrons. The van der Waals surface area contributed by atoms with Gasteiger partial charge in [-0.05, 0) is 38.1 Å². The maximum atomic E-state index is 12.5. The number of benzene rings is 1. The second kappa shape index (κ2) is 7.22. The van der Waals surface area contributed by atoms with Crippen molar-refractivity contribution in [2.75, 3.05) is 0 Å². The smallest absolute Gasteiger partial charge is 0.300 e. The number of amides is 1. The van der Waals surface area contributed by atoms with Crippen LogP contribution in [0.1, 0.15) is 30.4 Å². The third-order valence-corrected chi connectivity index (χ3v) is 5.80. The highest BCUT2D eigenvalue weighted by Crippen LogP contribution is 2.21. The number of nitrogens with zero attached hydrogens (tertiary/aromatic N) is 4. The SMILES string of the molecule is C=CCn1c(=NC(=O)c2ccn(C(C)C)n2)sc2cc(S(N)(=O)=O)ccc21. The molecule has 0 fully saturated rings. The summed E-state index contributed by atoms with van der Waals surface area (Å²) in [5.41, 5.74) is 0.989. The van der Waals surface area contributed by atoms with Gasteiger partial charge in [0.15, 0.2) is 10.5 Å². The fourth-order valence-corrected chi connectivity index (χ4v) is 4.20. The topological polar surface area (TPSA) is 112 Å². The van der Waals surface area contributed by atoms with E-state index in [2.05, 4.69) is 16.7 Å². The second-order valence-corrected chi connectivity index (χ2v) is 8.72. The van der Waals surface area contributed by atoms with Crippen molar-refractivity contribution in [3.63, 3.8) is 0 Å². The van der Waals surface area contributed by atoms with Gasteiger partial charge in [0.05, 0.1) is 15.1 Å². The van der Waals surface area contributed by atoms with Crippen molar-refractivity contribution in [2.24, 2.45) is 10.1 Å². The third kappa shape index (κ3) is 3.92. The standard InChI is InChI=1S/C17H19N5O3S2/c1-4-8-21-14-6-5-12(27(18,24)25)10-15(14)26-17(21)19-16(23)13-7-9-22(20-13)11(2)3/h4-7,9-11H,1,8H2,2-3H3,(H2,18,24,25). The van der Waals surface area contributed by atoms with Gasteiger partial charge in [0.2, 0.25) is 10.0 Å². The first-order chi connectivity index (χ1) is 12.7. The van der Waals surface area contributed by atoms with E-state index >= 15 is 0 Å². The highest BCUT2D eigenvalue weighted by molar-refractivity contribution is 7.89. The molecule has 2 aromatic heterocycles. The van der Waals surface area contributed by atoms with Crippen molar-refractivity contribution in [3.05, 3.63) is 53.6 Å². The number of carbonyl (C=O) groups excluding carboxylic acids is 1. The number of nitrogens with two attached hydrogens (primary N) is 1. The van der Waals surface area contributed by atoms with Gasteiger partial charge >= 0.3 is 0 Å². The Hall–Kier alpha value is -2.56. The van der Waals surface area contributed by atoms with Crippen molar-refractivity contribution in [2.45, 2.75) is 31.3 Å². The highest BCUT2D eigenvalue weighted by atomic mass is 32.2. The summed E-state index contributed by atoms with van der Waals surface area (Å²) in [6.45, 7) is 8.07. The molecule has 8 nitrogen and oxygen atoms in total. The number of allylic oxidation sites excluding steroid dienone is 1. The van der Waals surface area contributed by atoms with Gasteiger partial charge in [0, 0.05) is 18.8 Å². The Bertz CT molecular complexity index is 1200. The molecule has 0 saturated heterocycles. The zero-order chi connectivity index (χ0) is 19.8. The summed E-state index contributed by atoms with van der Waals surface area (Å²) in [6, 6.07) is 6.31. The Kier molecular flexibility index (Phi) is 5.13. The summed E-state index contributed by atoms with van der Waals surface area (Å²) in [5, 5.41) is 9.44.